The molecule has 0 amide bonds. The van der Waals surface area contributed by atoms with Crippen LogP contribution in [0.3, 0.4) is 0 Å². The van der Waals surface area contributed by atoms with Crippen LogP contribution in [0.15, 0.2) is 47.5 Å². The van der Waals surface area contributed by atoms with E-state index in [1.54, 1.807) is 19.4 Å². The molecule has 0 radical (unpaired) electrons. The summed E-state index contributed by atoms with van der Waals surface area (Å²) in [7, 11) is -2.14. The molecular weight excluding hydrogens is 314 g/mol. The average molecular weight is 333 g/mol. The molecule has 0 spiro atoms. The van der Waals surface area contributed by atoms with E-state index < -0.39 is 10.0 Å². The second-order valence-corrected chi connectivity index (χ2v) is 7.10. The fourth-order valence-electron chi connectivity index (χ4n) is 2.94. The molecule has 2 N–H and O–H groups in total. The maximum Gasteiger partial charge on any atom is 0.241 e. The van der Waals surface area contributed by atoms with E-state index in [0.29, 0.717) is 18.3 Å². The van der Waals surface area contributed by atoms with E-state index in [-0.39, 0.29) is 4.90 Å². The predicted molar refractivity (Wildman–Crippen MR) is 88.2 cm³/mol. The molecule has 1 saturated heterocycles. The number of nitrogens with zero attached hydrogens (tertiary/aromatic N) is 2. The van der Waals surface area contributed by atoms with Gasteiger partial charge in [-0.05, 0) is 36.2 Å². The number of aromatic nitrogens is 1. The molecule has 23 heavy (non-hydrogen) atoms. The number of benzene rings is 1. The fraction of sp³-hybridized carbons (Fsp3) is 0.312. The number of sulfonamides is 1. The van der Waals surface area contributed by atoms with Crippen LogP contribution in [-0.2, 0) is 10.0 Å². The van der Waals surface area contributed by atoms with Crippen molar-refractivity contribution in [3.8, 4) is 5.75 Å². The number of pyridine rings is 1. The van der Waals surface area contributed by atoms with Gasteiger partial charge >= 0.3 is 0 Å². The highest BCUT2D eigenvalue weighted by Crippen LogP contribution is 2.33. The van der Waals surface area contributed by atoms with E-state index in [2.05, 4.69) is 4.98 Å². The number of nitrogens with two attached hydrogens (primary N) is 1. The molecule has 7 heteroatoms. The summed E-state index contributed by atoms with van der Waals surface area (Å²) in [4.78, 5) is 6.29. The van der Waals surface area contributed by atoms with Gasteiger partial charge in [0.25, 0.3) is 0 Å². The highest BCUT2D eigenvalue weighted by molar-refractivity contribution is 7.89. The van der Waals surface area contributed by atoms with Gasteiger partial charge in [0.2, 0.25) is 10.0 Å². The summed E-state index contributed by atoms with van der Waals surface area (Å²) >= 11 is 0. The molecule has 1 aliphatic heterocycles. The van der Waals surface area contributed by atoms with Gasteiger partial charge in [0, 0.05) is 25.2 Å². The van der Waals surface area contributed by atoms with Gasteiger partial charge in [0.15, 0.2) is 0 Å². The second-order valence-electron chi connectivity index (χ2n) is 5.57. The van der Waals surface area contributed by atoms with Crippen molar-refractivity contribution in [3.05, 3.63) is 48.2 Å². The fourth-order valence-corrected chi connectivity index (χ4v) is 3.65. The van der Waals surface area contributed by atoms with Crippen molar-refractivity contribution >= 4 is 15.8 Å². The standard InChI is InChI=1S/C16H19N3O3S/c1-22-14-6-4-12(5-7-14)13-8-10-19(11-13)16-15(23(17,20)21)3-2-9-18-16/h2-7,9,13H,8,10-11H2,1H3,(H2,17,20,21). The van der Waals surface area contributed by atoms with Gasteiger partial charge in [0.1, 0.15) is 16.5 Å². The number of primary sulfonamides is 1. The van der Waals surface area contributed by atoms with Gasteiger partial charge in [-0.1, -0.05) is 12.1 Å². The molecular formula is C16H19N3O3S. The molecule has 1 aromatic carbocycles. The second kappa shape index (κ2) is 6.17. The molecule has 2 aromatic rings. The van der Waals surface area contributed by atoms with Gasteiger partial charge < -0.3 is 9.64 Å². The minimum absolute atomic E-state index is 0.0791. The Kier molecular flexibility index (Phi) is 4.23. The molecule has 6 nitrogen and oxygen atoms in total. The van der Waals surface area contributed by atoms with Crippen LogP contribution >= 0.6 is 0 Å². The third kappa shape index (κ3) is 3.30. The Bertz CT molecular complexity index is 790. The molecule has 0 aliphatic carbocycles. The Morgan fingerprint density at radius 1 is 1.26 bits per heavy atom. The number of rotatable bonds is 4. The van der Waals surface area contributed by atoms with Crippen LogP contribution in [0.25, 0.3) is 0 Å². The Morgan fingerprint density at radius 2 is 2.00 bits per heavy atom. The first-order valence-corrected chi connectivity index (χ1v) is 8.90. The first-order chi connectivity index (χ1) is 11.0. The molecule has 3 rings (SSSR count). The smallest absolute Gasteiger partial charge is 0.241 e. The maximum absolute atomic E-state index is 11.7. The van der Waals surface area contributed by atoms with Gasteiger partial charge in [0.05, 0.1) is 7.11 Å². The maximum atomic E-state index is 11.7. The summed E-state index contributed by atoms with van der Waals surface area (Å²) in [5, 5.41) is 5.29. The average Bonchev–Trinajstić information content (AvgIpc) is 3.04. The minimum atomic E-state index is -3.78. The largest absolute Gasteiger partial charge is 0.497 e. The molecule has 1 fully saturated rings. The van der Waals surface area contributed by atoms with Crippen LogP contribution in [0.5, 0.6) is 5.75 Å². The lowest BCUT2D eigenvalue weighted by Crippen LogP contribution is -2.25. The van der Waals surface area contributed by atoms with Crippen molar-refractivity contribution in [2.75, 3.05) is 25.1 Å². The number of hydrogen-bond acceptors (Lipinski definition) is 5. The van der Waals surface area contributed by atoms with Gasteiger partial charge in [-0.25, -0.2) is 18.5 Å². The zero-order valence-corrected chi connectivity index (χ0v) is 13.7. The monoisotopic (exact) mass is 333 g/mol. The Hall–Kier alpha value is -2.12. The minimum Gasteiger partial charge on any atom is -0.497 e. The van der Waals surface area contributed by atoms with Crippen molar-refractivity contribution < 1.29 is 13.2 Å². The SMILES string of the molecule is COc1ccc(C2CCN(c3ncccc3S(N)(=O)=O)C2)cc1. The van der Waals surface area contributed by atoms with Crippen LogP contribution in [0, 0.1) is 0 Å². The lowest BCUT2D eigenvalue weighted by Gasteiger charge is -2.20. The third-order valence-electron chi connectivity index (χ3n) is 4.13. The summed E-state index contributed by atoms with van der Waals surface area (Å²) in [5.41, 5.74) is 1.21. The lowest BCUT2D eigenvalue weighted by molar-refractivity contribution is 0.414. The number of methoxy groups -OCH3 is 1. The zero-order valence-electron chi connectivity index (χ0n) is 12.8. The first kappa shape index (κ1) is 15.8. The predicted octanol–water partition coefficient (Wildman–Crippen LogP) is 1.73. The molecule has 1 aliphatic rings. The highest BCUT2D eigenvalue weighted by Gasteiger charge is 2.28. The van der Waals surface area contributed by atoms with Crippen LogP contribution < -0.4 is 14.8 Å². The Morgan fingerprint density at radius 3 is 2.65 bits per heavy atom. The molecule has 0 bridgehead atoms. The number of hydrogen-bond donors (Lipinski definition) is 1. The summed E-state index contributed by atoms with van der Waals surface area (Å²) < 4.78 is 28.6. The van der Waals surface area contributed by atoms with E-state index in [0.717, 1.165) is 18.7 Å². The summed E-state index contributed by atoms with van der Waals surface area (Å²) in [5.74, 6) is 1.59. The van der Waals surface area contributed by atoms with Crippen molar-refractivity contribution in [1.29, 1.82) is 0 Å². The number of ether oxygens (including phenoxy) is 1. The van der Waals surface area contributed by atoms with E-state index >= 15 is 0 Å². The van der Waals surface area contributed by atoms with E-state index in [4.69, 9.17) is 9.88 Å². The topological polar surface area (TPSA) is 85.5 Å². The van der Waals surface area contributed by atoms with E-state index in [1.165, 1.54) is 11.6 Å². The Balaban J connectivity index is 1.83. The van der Waals surface area contributed by atoms with Crippen molar-refractivity contribution in [3.63, 3.8) is 0 Å². The normalized spacial score (nSPS) is 18.2. The molecule has 122 valence electrons. The third-order valence-corrected chi connectivity index (χ3v) is 5.06. The summed E-state index contributed by atoms with van der Waals surface area (Å²) in [6, 6.07) is 11.1. The Labute approximate surface area is 136 Å². The first-order valence-electron chi connectivity index (χ1n) is 7.36. The molecule has 2 heterocycles. The summed E-state index contributed by atoms with van der Waals surface area (Å²) in [6.07, 6.45) is 2.53. The van der Waals surface area contributed by atoms with Gasteiger partial charge in [-0.15, -0.1) is 0 Å². The highest BCUT2D eigenvalue weighted by atomic mass is 32.2. The van der Waals surface area contributed by atoms with E-state index in [9.17, 15) is 8.42 Å². The van der Waals surface area contributed by atoms with Gasteiger partial charge in [-0.2, -0.15) is 0 Å². The van der Waals surface area contributed by atoms with Crippen LogP contribution in [-0.4, -0.2) is 33.6 Å². The van der Waals surface area contributed by atoms with E-state index in [1.807, 2.05) is 29.2 Å². The molecule has 0 saturated carbocycles. The van der Waals surface area contributed by atoms with Crippen LogP contribution in [0.1, 0.15) is 17.9 Å². The molecule has 1 aromatic heterocycles. The molecule has 1 unspecified atom stereocenters. The van der Waals surface area contributed by atoms with Gasteiger partial charge in [-0.3, -0.25) is 0 Å². The van der Waals surface area contributed by atoms with Crippen molar-refractivity contribution in [1.82, 2.24) is 4.98 Å². The number of anilines is 1. The van der Waals surface area contributed by atoms with Crippen molar-refractivity contribution in [2.45, 2.75) is 17.2 Å². The van der Waals surface area contributed by atoms with Crippen molar-refractivity contribution in [2.24, 2.45) is 5.14 Å². The van der Waals surface area contributed by atoms with Crippen LogP contribution in [0.4, 0.5) is 5.82 Å². The quantitative estimate of drug-likeness (QED) is 0.921. The molecule has 1 atom stereocenters. The summed E-state index contributed by atoms with van der Waals surface area (Å²) in [6.45, 7) is 1.46. The lowest BCUT2D eigenvalue weighted by atomic mass is 9.98. The zero-order chi connectivity index (χ0) is 16.4. The van der Waals surface area contributed by atoms with Crippen LogP contribution in [0.2, 0.25) is 0 Å².